The van der Waals surface area contributed by atoms with Crippen LogP contribution in [0.25, 0.3) is 0 Å². The highest BCUT2D eigenvalue weighted by Crippen LogP contribution is 2.26. The zero-order chi connectivity index (χ0) is 14.5. The largest absolute Gasteiger partial charge is 0.439 e. The highest BCUT2D eigenvalue weighted by Gasteiger charge is 2.10. The van der Waals surface area contributed by atoms with Crippen LogP contribution in [-0.2, 0) is 6.42 Å². The van der Waals surface area contributed by atoms with Crippen molar-refractivity contribution in [3.05, 3.63) is 46.9 Å². The van der Waals surface area contributed by atoms with Gasteiger partial charge in [-0.2, -0.15) is 4.98 Å². The number of halogens is 1. The van der Waals surface area contributed by atoms with E-state index in [9.17, 15) is 0 Å². The summed E-state index contributed by atoms with van der Waals surface area (Å²) in [6.45, 7) is 4.06. The van der Waals surface area contributed by atoms with E-state index in [0.717, 1.165) is 5.56 Å². The smallest absolute Gasteiger partial charge is 0.224 e. The van der Waals surface area contributed by atoms with E-state index in [1.54, 1.807) is 6.07 Å². The molecule has 0 radical (unpaired) electrons. The van der Waals surface area contributed by atoms with Crippen LogP contribution in [0.5, 0.6) is 11.6 Å². The number of aromatic nitrogens is 2. The lowest BCUT2D eigenvalue weighted by Gasteiger charge is -2.11. The Kier molecular flexibility index (Phi) is 4.93. The van der Waals surface area contributed by atoms with Crippen LogP contribution in [0.4, 0.5) is 0 Å². The molecule has 0 spiro atoms. The molecule has 2 aromatic rings. The number of ether oxygens (including phenoxy) is 1. The second-order valence-corrected chi connectivity index (χ2v) is 5.11. The quantitative estimate of drug-likeness (QED) is 0.856. The molecule has 0 saturated heterocycles. The number of benzene rings is 1. The van der Waals surface area contributed by atoms with Gasteiger partial charge in [-0.1, -0.05) is 43.6 Å². The van der Waals surface area contributed by atoms with Crippen molar-refractivity contribution in [1.82, 2.24) is 9.97 Å². The fourth-order valence-electron chi connectivity index (χ4n) is 1.77. The van der Waals surface area contributed by atoms with Crippen LogP contribution in [0.2, 0.25) is 5.15 Å². The highest BCUT2D eigenvalue weighted by atomic mass is 35.5. The molecular weight excluding hydrogens is 276 g/mol. The van der Waals surface area contributed by atoms with Crippen LogP contribution < -0.4 is 4.74 Å². The van der Waals surface area contributed by atoms with Crippen molar-refractivity contribution in [3.8, 4) is 11.6 Å². The Morgan fingerprint density at radius 1 is 1.25 bits per heavy atom. The minimum atomic E-state index is 0.0716. The summed E-state index contributed by atoms with van der Waals surface area (Å²) in [5.41, 5.74) is 0.927. The third kappa shape index (κ3) is 3.68. The van der Waals surface area contributed by atoms with Crippen LogP contribution in [0.3, 0.4) is 0 Å². The van der Waals surface area contributed by atoms with E-state index in [1.807, 2.05) is 38.1 Å². The lowest BCUT2D eigenvalue weighted by molar-refractivity contribution is 0.297. The van der Waals surface area contributed by atoms with Gasteiger partial charge in [-0.15, -0.1) is 0 Å². The number of para-hydroxylation sites is 1. The topological polar surface area (TPSA) is 55.2 Å². The summed E-state index contributed by atoms with van der Waals surface area (Å²) >= 11 is 5.99. The minimum Gasteiger partial charge on any atom is -0.439 e. The van der Waals surface area contributed by atoms with Gasteiger partial charge >= 0.3 is 0 Å². The summed E-state index contributed by atoms with van der Waals surface area (Å²) < 4.78 is 5.79. The number of rotatable bonds is 5. The van der Waals surface area contributed by atoms with Crippen molar-refractivity contribution >= 4 is 11.6 Å². The maximum Gasteiger partial charge on any atom is 0.224 e. The van der Waals surface area contributed by atoms with Gasteiger partial charge in [0.25, 0.3) is 0 Å². The Bertz CT molecular complexity index is 588. The normalized spacial score (nSPS) is 10.8. The van der Waals surface area contributed by atoms with Crippen LogP contribution in [0.15, 0.2) is 30.3 Å². The summed E-state index contributed by atoms with van der Waals surface area (Å²) in [6, 6.07) is 9.13. The lowest BCUT2D eigenvalue weighted by Crippen LogP contribution is -2.01. The third-order valence-electron chi connectivity index (χ3n) is 2.77. The summed E-state index contributed by atoms with van der Waals surface area (Å²) in [6.07, 6.45) is 0.534. The van der Waals surface area contributed by atoms with E-state index < -0.39 is 0 Å². The monoisotopic (exact) mass is 292 g/mol. The summed E-state index contributed by atoms with van der Waals surface area (Å²) in [5, 5.41) is 9.43. The Morgan fingerprint density at radius 3 is 2.70 bits per heavy atom. The first-order valence-electron chi connectivity index (χ1n) is 6.51. The maximum absolute atomic E-state index is 9.07. The molecule has 2 rings (SSSR count). The standard InChI is InChI=1S/C15H17ClN2O2/c1-10(2)15-17-13(16)9-14(18-15)20-12-6-4-3-5-11(12)7-8-19/h3-6,9-10,19H,7-8H2,1-2H3. The molecule has 1 aromatic carbocycles. The Labute approximate surface area is 123 Å². The van der Waals surface area contributed by atoms with E-state index in [0.29, 0.717) is 29.0 Å². The molecule has 1 aromatic heterocycles. The highest BCUT2D eigenvalue weighted by molar-refractivity contribution is 6.29. The average molecular weight is 293 g/mol. The van der Waals surface area contributed by atoms with Gasteiger partial charge in [0.15, 0.2) is 0 Å². The van der Waals surface area contributed by atoms with E-state index >= 15 is 0 Å². The van der Waals surface area contributed by atoms with Crippen molar-refractivity contribution in [1.29, 1.82) is 0 Å². The van der Waals surface area contributed by atoms with Gasteiger partial charge in [-0.25, -0.2) is 4.98 Å². The molecule has 0 atom stereocenters. The van der Waals surface area contributed by atoms with Crippen molar-refractivity contribution in [2.45, 2.75) is 26.2 Å². The average Bonchev–Trinajstić information content (AvgIpc) is 2.40. The third-order valence-corrected chi connectivity index (χ3v) is 2.97. The van der Waals surface area contributed by atoms with Gasteiger partial charge in [0.2, 0.25) is 5.88 Å². The first-order chi connectivity index (χ1) is 9.60. The first kappa shape index (κ1) is 14.8. The van der Waals surface area contributed by atoms with E-state index in [-0.39, 0.29) is 12.5 Å². The molecule has 0 unspecified atom stereocenters. The molecule has 5 heteroatoms. The zero-order valence-electron chi connectivity index (χ0n) is 11.5. The van der Waals surface area contributed by atoms with Crippen LogP contribution in [-0.4, -0.2) is 21.7 Å². The molecule has 1 N–H and O–H groups in total. The zero-order valence-corrected chi connectivity index (χ0v) is 12.3. The van der Waals surface area contributed by atoms with Gasteiger partial charge < -0.3 is 9.84 Å². The fourth-order valence-corrected chi connectivity index (χ4v) is 1.95. The Hall–Kier alpha value is -1.65. The van der Waals surface area contributed by atoms with Gasteiger partial charge in [-0.3, -0.25) is 0 Å². The van der Waals surface area contributed by atoms with Crippen LogP contribution in [0, 0.1) is 0 Å². The van der Waals surface area contributed by atoms with Crippen molar-refractivity contribution in [2.75, 3.05) is 6.61 Å². The number of aliphatic hydroxyl groups is 1. The predicted molar refractivity (Wildman–Crippen MR) is 78.4 cm³/mol. The van der Waals surface area contributed by atoms with E-state index in [2.05, 4.69) is 9.97 Å². The van der Waals surface area contributed by atoms with E-state index in [4.69, 9.17) is 21.4 Å². The first-order valence-corrected chi connectivity index (χ1v) is 6.89. The molecule has 0 aliphatic rings. The SMILES string of the molecule is CC(C)c1nc(Cl)cc(Oc2ccccc2CCO)n1. The molecule has 0 bridgehead atoms. The summed E-state index contributed by atoms with van der Waals surface area (Å²) in [4.78, 5) is 8.52. The van der Waals surface area contributed by atoms with Gasteiger partial charge in [0, 0.05) is 18.6 Å². The van der Waals surface area contributed by atoms with E-state index in [1.165, 1.54) is 0 Å². The lowest BCUT2D eigenvalue weighted by atomic mass is 10.1. The van der Waals surface area contributed by atoms with Crippen LogP contribution >= 0.6 is 11.6 Å². The molecule has 0 saturated carbocycles. The van der Waals surface area contributed by atoms with Gasteiger partial charge in [-0.05, 0) is 18.1 Å². The summed E-state index contributed by atoms with van der Waals surface area (Å²) in [5.74, 6) is 1.90. The Balaban J connectivity index is 2.30. The van der Waals surface area contributed by atoms with Crippen molar-refractivity contribution < 1.29 is 9.84 Å². The van der Waals surface area contributed by atoms with Gasteiger partial charge in [0.1, 0.15) is 16.7 Å². The molecular formula is C15H17ClN2O2. The molecule has 20 heavy (non-hydrogen) atoms. The molecule has 106 valence electrons. The molecule has 0 aliphatic carbocycles. The second-order valence-electron chi connectivity index (χ2n) is 4.73. The molecule has 1 heterocycles. The Morgan fingerprint density at radius 2 is 2.00 bits per heavy atom. The van der Waals surface area contributed by atoms with Crippen LogP contribution in [0.1, 0.15) is 31.2 Å². The predicted octanol–water partition coefficient (Wildman–Crippen LogP) is 3.58. The number of nitrogens with zero attached hydrogens (tertiary/aromatic N) is 2. The second kappa shape index (κ2) is 6.68. The van der Waals surface area contributed by atoms with Crippen molar-refractivity contribution in [3.63, 3.8) is 0 Å². The fraction of sp³-hybridized carbons (Fsp3) is 0.333. The number of hydrogen-bond donors (Lipinski definition) is 1. The molecule has 0 fully saturated rings. The number of aliphatic hydroxyl groups excluding tert-OH is 1. The molecule has 0 aliphatic heterocycles. The minimum absolute atomic E-state index is 0.0716. The van der Waals surface area contributed by atoms with Crippen molar-refractivity contribution in [2.24, 2.45) is 0 Å². The summed E-state index contributed by atoms with van der Waals surface area (Å²) in [7, 11) is 0. The van der Waals surface area contributed by atoms with Gasteiger partial charge in [0.05, 0.1) is 0 Å². The molecule has 0 amide bonds. The molecule has 4 nitrogen and oxygen atoms in total. The maximum atomic E-state index is 9.07. The number of hydrogen-bond acceptors (Lipinski definition) is 4.